The lowest BCUT2D eigenvalue weighted by atomic mass is 10.2. The van der Waals surface area contributed by atoms with E-state index in [1.807, 2.05) is 0 Å². The standard InChI is InChI=1S/C26H37Cl2N4O12P/c1-5-38-16-7-21(31-9-14(3)23(33)29-25(31)35)43-18(16)11-40-45(37,42-13-20(27)28)41-12-19-17(39-6-2)8-22(44-19)32-10-15(4)24(34)30-26(32)36/h9-10,16-22H,5-8,11-13H2,1-4H3,(H,29,33,35)(H,30,34,36)/t16-,17-,18+,19+,21+,22+/m0/s1. The average molecular weight is 699 g/mol. The van der Waals surface area contributed by atoms with Crippen LogP contribution < -0.4 is 22.5 Å². The Labute approximate surface area is 267 Å². The number of halogens is 2. The van der Waals surface area contributed by atoms with Crippen LogP contribution in [0.15, 0.2) is 31.6 Å². The summed E-state index contributed by atoms with van der Waals surface area (Å²) >= 11 is 11.6. The molecule has 2 N–H and O–H groups in total. The van der Waals surface area contributed by atoms with Gasteiger partial charge in [-0.2, -0.15) is 0 Å². The van der Waals surface area contributed by atoms with E-state index in [0.717, 1.165) is 0 Å². The van der Waals surface area contributed by atoms with E-state index in [9.17, 15) is 23.7 Å². The van der Waals surface area contributed by atoms with Crippen molar-refractivity contribution in [3.8, 4) is 0 Å². The number of phosphoric ester groups is 1. The molecule has 16 nitrogen and oxygen atoms in total. The van der Waals surface area contributed by atoms with E-state index in [1.165, 1.54) is 21.5 Å². The molecule has 45 heavy (non-hydrogen) atoms. The minimum atomic E-state index is -4.37. The molecule has 0 bridgehead atoms. The Morgan fingerprint density at radius 3 is 1.62 bits per heavy atom. The normalized spacial score (nSPS) is 25.4. The fraction of sp³-hybridized carbons (Fsp3) is 0.692. The molecule has 2 fully saturated rings. The van der Waals surface area contributed by atoms with Crippen LogP contribution in [-0.4, -0.2) is 81.4 Å². The highest BCUT2D eigenvalue weighted by Gasteiger charge is 2.42. The van der Waals surface area contributed by atoms with Crippen LogP contribution in [0.1, 0.15) is 50.3 Å². The number of ether oxygens (including phenoxy) is 4. The number of aromatic nitrogens is 4. The molecule has 0 radical (unpaired) electrons. The smallest absolute Gasteiger partial charge is 0.376 e. The van der Waals surface area contributed by atoms with Crippen LogP contribution in [0.4, 0.5) is 0 Å². The SMILES string of the molecule is CCO[C@H]1C[C@H](n2cc(C)c(=O)[nH]c2=O)O[C@@H]1COP(=O)(OCC(Cl)Cl)OC[C@H]1O[C@@H](n2cc(C)c(=O)[nH]c2=O)C[C@@H]1OCC. The highest BCUT2D eigenvalue weighted by Crippen LogP contribution is 2.51. The number of H-pyrrole nitrogens is 2. The maximum Gasteiger partial charge on any atom is 0.475 e. The number of alkyl halides is 2. The molecule has 0 spiro atoms. The molecule has 0 aliphatic carbocycles. The fourth-order valence-electron chi connectivity index (χ4n) is 5.01. The number of aryl methyl sites for hydroxylation is 2. The summed E-state index contributed by atoms with van der Waals surface area (Å²) in [7, 11) is -4.37. The van der Waals surface area contributed by atoms with Gasteiger partial charge in [0.25, 0.3) is 11.1 Å². The van der Waals surface area contributed by atoms with Crippen LogP contribution in [0.3, 0.4) is 0 Å². The number of rotatable bonds is 15. The van der Waals surface area contributed by atoms with Crippen LogP contribution >= 0.6 is 31.0 Å². The molecule has 2 aromatic heterocycles. The zero-order valence-electron chi connectivity index (χ0n) is 25.1. The van der Waals surface area contributed by atoms with Crippen LogP contribution in [-0.2, 0) is 37.1 Å². The molecule has 0 unspecified atom stereocenters. The van der Waals surface area contributed by atoms with Gasteiger partial charge >= 0.3 is 19.2 Å². The Kier molecular flexibility index (Phi) is 12.4. The van der Waals surface area contributed by atoms with E-state index in [4.69, 9.17) is 55.7 Å². The Hall–Kier alpha value is -2.11. The lowest BCUT2D eigenvalue weighted by Crippen LogP contribution is -2.33. The Morgan fingerprint density at radius 2 is 1.24 bits per heavy atom. The van der Waals surface area contributed by atoms with Crippen molar-refractivity contribution < 1.29 is 37.1 Å². The van der Waals surface area contributed by atoms with Gasteiger partial charge in [0.2, 0.25) is 0 Å². The summed E-state index contributed by atoms with van der Waals surface area (Å²) in [6.07, 6.45) is -1.10. The van der Waals surface area contributed by atoms with Crippen molar-refractivity contribution >= 4 is 31.0 Å². The topological polar surface area (TPSA) is 191 Å². The molecule has 19 heteroatoms. The number of hydrogen-bond acceptors (Lipinski definition) is 12. The minimum Gasteiger partial charge on any atom is -0.376 e. The van der Waals surface area contributed by atoms with Crippen molar-refractivity contribution in [2.75, 3.05) is 33.0 Å². The first-order valence-electron chi connectivity index (χ1n) is 14.3. The van der Waals surface area contributed by atoms with Gasteiger partial charge in [0.15, 0.2) is 0 Å². The molecule has 0 aromatic carbocycles. The molecule has 2 aliphatic rings. The van der Waals surface area contributed by atoms with Crippen molar-refractivity contribution in [2.24, 2.45) is 0 Å². The molecular formula is C26H37Cl2N4O12P. The molecule has 2 aliphatic heterocycles. The quantitative estimate of drug-likeness (QED) is 0.204. The van der Waals surface area contributed by atoms with Crippen LogP contribution in [0.5, 0.6) is 0 Å². The molecule has 2 aromatic rings. The van der Waals surface area contributed by atoms with E-state index in [2.05, 4.69) is 9.97 Å². The van der Waals surface area contributed by atoms with Gasteiger partial charge in [0.05, 0.1) is 32.0 Å². The number of hydrogen-bond donors (Lipinski definition) is 2. The maximum absolute atomic E-state index is 13.8. The van der Waals surface area contributed by atoms with Gasteiger partial charge in [0, 0.05) is 49.6 Å². The monoisotopic (exact) mass is 698 g/mol. The van der Waals surface area contributed by atoms with Gasteiger partial charge in [-0.25, -0.2) is 14.2 Å². The highest BCUT2D eigenvalue weighted by atomic mass is 35.5. The van der Waals surface area contributed by atoms with Crippen molar-refractivity contribution in [1.82, 2.24) is 19.1 Å². The fourth-order valence-corrected chi connectivity index (χ4v) is 6.53. The predicted octanol–water partition coefficient (Wildman–Crippen LogP) is 2.05. The Bertz CT molecular complexity index is 1490. The molecule has 4 heterocycles. The molecule has 2 saturated heterocycles. The lowest BCUT2D eigenvalue weighted by Gasteiger charge is -2.25. The lowest BCUT2D eigenvalue weighted by molar-refractivity contribution is -0.0730. The summed E-state index contributed by atoms with van der Waals surface area (Å²) < 4.78 is 56.6. The molecule has 4 rings (SSSR count). The average Bonchev–Trinajstić information content (AvgIpc) is 3.58. The molecule has 0 amide bonds. The summed E-state index contributed by atoms with van der Waals surface area (Å²) in [5.41, 5.74) is -1.69. The third-order valence-corrected chi connectivity index (χ3v) is 8.84. The van der Waals surface area contributed by atoms with Crippen molar-refractivity contribution in [3.05, 3.63) is 65.2 Å². The van der Waals surface area contributed by atoms with Crippen molar-refractivity contribution in [1.29, 1.82) is 0 Å². The van der Waals surface area contributed by atoms with Gasteiger partial charge < -0.3 is 18.9 Å². The second-order valence-corrected chi connectivity index (χ2v) is 13.3. The van der Waals surface area contributed by atoms with Gasteiger partial charge in [-0.3, -0.25) is 42.3 Å². The number of nitrogens with one attached hydrogen (secondary N) is 2. The van der Waals surface area contributed by atoms with E-state index in [0.29, 0.717) is 24.3 Å². The third kappa shape index (κ3) is 9.04. The maximum atomic E-state index is 13.8. The van der Waals surface area contributed by atoms with Gasteiger partial charge in [-0.1, -0.05) is 0 Å². The first-order valence-corrected chi connectivity index (χ1v) is 16.7. The summed E-state index contributed by atoms with van der Waals surface area (Å²) in [5.74, 6) is 0. The van der Waals surface area contributed by atoms with E-state index in [-0.39, 0.29) is 26.1 Å². The second kappa shape index (κ2) is 15.7. The van der Waals surface area contributed by atoms with E-state index in [1.54, 1.807) is 27.7 Å². The van der Waals surface area contributed by atoms with Gasteiger partial charge in [-0.15, -0.1) is 23.2 Å². The predicted molar refractivity (Wildman–Crippen MR) is 161 cm³/mol. The molecule has 0 saturated carbocycles. The zero-order valence-corrected chi connectivity index (χ0v) is 27.5. The van der Waals surface area contributed by atoms with Gasteiger partial charge in [0.1, 0.15) is 29.5 Å². The first-order chi connectivity index (χ1) is 21.3. The van der Waals surface area contributed by atoms with Crippen molar-refractivity contribution in [3.63, 3.8) is 0 Å². The largest absolute Gasteiger partial charge is 0.475 e. The van der Waals surface area contributed by atoms with Crippen LogP contribution in [0.2, 0.25) is 0 Å². The Balaban J connectivity index is 1.47. The van der Waals surface area contributed by atoms with Crippen LogP contribution in [0, 0.1) is 13.8 Å². The number of aromatic amines is 2. The Morgan fingerprint density at radius 1 is 0.822 bits per heavy atom. The molecule has 6 atom stereocenters. The number of phosphoric acid groups is 1. The molecule has 252 valence electrons. The summed E-state index contributed by atoms with van der Waals surface area (Å²) in [5, 5.41) is 0. The van der Waals surface area contributed by atoms with Crippen LogP contribution in [0.25, 0.3) is 0 Å². The third-order valence-electron chi connectivity index (χ3n) is 7.19. The number of nitrogens with zero attached hydrogens (tertiary/aromatic N) is 2. The van der Waals surface area contributed by atoms with Gasteiger partial charge in [-0.05, 0) is 27.7 Å². The first kappa shape index (κ1) is 35.7. The summed E-state index contributed by atoms with van der Waals surface area (Å²) in [6, 6.07) is 0. The van der Waals surface area contributed by atoms with Crippen molar-refractivity contribution in [2.45, 2.75) is 82.2 Å². The van der Waals surface area contributed by atoms with E-state index < -0.39 is 78.6 Å². The zero-order chi connectivity index (χ0) is 32.9. The summed E-state index contributed by atoms with van der Waals surface area (Å²) in [6.45, 7) is 6.25. The van der Waals surface area contributed by atoms with E-state index >= 15 is 0 Å². The molecular weight excluding hydrogens is 662 g/mol. The second-order valence-electron chi connectivity index (χ2n) is 10.4. The highest BCUT2D eigenvalue weighted by molar-refractivity contribution is 7.48. The summed E-state index contributed by atoms with van der Waals surface area (Å²) in [4.78, 5) is 52.0. The minimum absolute atomic E-state index is 0.238.